The maximum absolute atomic E-state index is 13.2. The summed E-state index contributed by atoms with van der Waals surface area (Å²) in [7, 11) is 0. The average molecular weight is 403 g/mol. The fraction of sp³-hybridized carbons (Fsp3) is 0.591. The standard InChI is InChI=1S/C22H34N4O3/c1-4-9-17(23)20(27)25-19(15(2)3)22(29)26-13-8-12-18(26)21(28)24-14-16-10-6-5-7-11-16/h5-7,10-11,15,17-19H,4,8-9,12-14,23H2,1-3H3,(H,24,28)(H,25,27)/t17-,18-,19-/m0/s1. The zero-order chi connectivity index (χ0) is 21.4. The first-order chi connectivity index (χ1) is 13.8. The Hall–Kier alpha value is -2.41. The molecule has 2 rings (SSSR count). The zero-order valence-corrected chi connectivity index (χ0v) is 17.7. The summed E-state index contributed by atoms with van der Waals surface area (Å²) in [6, 6.07) is 7.84. The Balaban J connectivity index is 2.01. The highest BCUT2D eigenvalue weighted by atomic mass is 16.2. The van der Waals surface area contributed by atoms with Crippen LogP contribution < -0.4 is 16.4 Å². The molecule has 0 radical (unpaired) electrons. The van der Waals surface area contributed by atoms with Gasteiger partial charge in [0.05, 0.1) is 6.04 Å². The molecule has 1 aliphatic heterocycles. The molecule has 0 saturated carbocycles. The Morgan fingerprint density at radius 3 is 2.52 bits per heavy atom. The molecule has 0 unspecified atom stereocenters. The van der Waals surface area contributed by atoms with E-state index in [9.17, 15) is 14.4 Å². The Kier molecular flexibility index (Phi) is 8.64. The normalized spacial score (nSPS) is 18.4. The molecule has 0 spiro atoms. The van der Waals surface area contributed by atoms with Gasteiger partial charge >= 0.3 is 0 Å². The Morgan fingerprint density at radius 2 is 1.90 bits per heavy atom. The van der Waals surface area contributed by atoms with Gasteiger partial charge in [0.15, 0.2) is 0 Å². The highest BCUT2D eigenvalue weighted by molar-refractivity contribution is 5.93. The lowest BCUT2D eigenvalue weighted by molar-refractivity contribution is -0.142. The molecule has 1 aromatic rings. The van der Waals surface area contributed by atoms with Crippen molar-refractivity contribution >= 4 is 17.7 Å². The number of carbonyl (C=O) groups excluding carboxylic acids is 3. The third-order valence-electron chi connectivity index (χ3n) is 5.32. The van der Waals surface area contributed by atoms with E-state index in [-0.39, 0.29) is 23.6 Å². The first-order valence-electron chi connectivity index (χ1n) is 10.5. The molecule has 1 heterocycles. The molecule has 3 atom stereocenters. The molecule has 1 aromatic carbocycles. The summed E-state index contributed by atoms with van der Waals surface area (Å²) in [5, 5.41) is 5.74. The maximum atomic E-state index is 13.2. The van der Waals surface area contributed by atoms with Gasteiger partial charge in [-0.15, -0.1) is 0 Å². The van der Waals surface area contributed by atoms with Gasteiger partial charge in [0.2, 0.25) is 17.7 Å². The smallest absolute Gasteiger partial charge is 0.246 e. The Bertz CT molecular complexity index is 693. The van der Waals surface area contributed by atoms with Crippen molar-refractivity contribution in [3.8, 4) is 0 Å². The molecule has 7 nitrogen and oxygen atoms in total. The van der Waals surface area contributed by atoms with E-state index in [1.807, 2.05) is 51.1 Å². The number of nitrogens with two attached hydrogens (primary N) is 1. The van der Waals surface area contributed by atoms with Gasteiger partial charge in [0.25, 0.3) is 0 Å². The van der Waals surface area contributed by atoms with Gasteiger partial charge in [0.1, 0.15) is 12.1 Å². The highest BCUT2D eigenvalue weighted by Gasteiger charge is 2.38. The molecule has 160 valence electrons. The predicted molar refractivity (Wildman–Crippen MR) is 113 cm³/mol. The summed E-state index contributed by atoms with van der Waals surface area (Å²) in [6.07, 6.45) is 2.76. The second-order valence-electron chi connectivity index (χ2n) is 8.02. The summed E-state index contributed by atoms with van der Waals surface area (Å²) >= 11 is 0. The van der Waals surface area contributed by atoms with Crippen molar-refractivity contribution in [1.82, 2.24) is 15.5 Å². The number of rotatable bonds is 9. The van der Waals surface area contributed by atoms with E-state index in [4.69, 9.17) is 5.73 Å². The van der Waals surface area contributed by atoms with Gasteiger partial charge in [-0.2, -0.15) is 0 Å². The highest BCUT2D eigenvalue weighted by Crippen LogP contribution is 2.20. The van der Waals surface area contributed by atoms with E-state index in [2.05, 4.69) is 10.6 Å². The Labute approximate surface area is 173 Å². The first-order valence-corrected chi connectivity index (χ1v) is 10.5. The number of likely N-dealkylation sites (tertiary alicyclic amines) is 1. The minimum Gasteiger partial charge on any atom is -0.350 e. The van der Waals surface area contributed by atoms with Crippen LogP contribution in [0.2, 0.25) is 0 Å². The fourth-order valence-corrected chi connectivity index (χ4v) is 3.60. The molecule has 0 aromatic heterocycles. The minimum atomic E-state index is -0.687. The minimum absolute atomic E-state index is 0.103. The van der Waals surface area contributed by atoms with Crippen molar-refractivity contribution in [3.05, 3.63) is 35.9 Å². The van der Waals surface area contributed by atoms with E-state index in [1.54, 1.807) is 4.90 Å². The number of nitrogens with one attached hydrogen (secondary N) is 2. The Morgan fingerprint density at radius 1 is 1.21 bits per heavy atom. The van der Waals surface area contributed by atoms with Gasteiger partial charge in [-0.05, 0) is 30.7 Å². The van der Waals surface area contributed by atoms with Crippen molar-refractivity contribution in [1.29, 1.82) is 0 Å². The average Bonchev–Trinajstić information content (AvgIpc) is 3.20. The first kappa shape index (κ1) is 22.9. The van der Waals surface area contributed by atoms with Gasteiger partial charge in [-0.25, -0.2) is 0 Å². The molecule has 1 aliphatic rings. The summed E-state index contributed by atoms with van der Waals surface area (Å²) in [5.41, 5.74) is 6.91. The lowest BCUT2D eigenvalue weighted by atomic mass is 10.0. The number of hydrogen-bond donors (Lipinski definition) is 3. The van der Waals surface area contributed by atoms with Crippen LogP contribution >= 0.6 is 0 Å². The molecule has 7 heteroatoms. The van der Waals surface area contributed by atoms with Gasteiger partial charge < -0.3 is 21.3 Å². The topological polar surface area (TPSA) is 105 Å². The number of nitrogens with zero attached hydrogens (tertiary/aromatic N) is 1. The lowest BCUT2D eigenvalue weighted by Crippen LogP contribution is -2.57. The van der Waals surface area contributed by atoms with Crippen LogP contribution in [-0.4, -0.2) is 47.3 Å². The number of carbonyl (C=O) groups is 3. The van der Waals surface area contributed by atoms with Crippen LogP contribution in [0.5, 0.6) is 0 Å². The largest absolute Gasteiger partial charge is 0.350 e. The van der Waals surface area contributed by atoms with Gasteiger partial charge in [-0.1, -0.05) is 57.5 Å². The van der Waals surface area contributed by atoms with Crippen molar-refractivity contribution < 1.29 is 14.4 Å². The van der Waals surface area contributed by atoms with Gasteiger partial charge in [-0.3, -0.25) is 14.4 Å². The van der Waals surface area contributed by atoms with Crippen LogP contribution in [-0.2, 0) is 20.9 Å². The molecule has 29 heavy (non-hydrogen) atoms. The van der Waals surface area contributed by atoms with E-state index in [0.717, 1.165) is 18.4 Å². The quantitative estimate of drug-likeness (QED) is 0.583. The van der Waals surface area contributed by atoms with Crippen LogP contribution in [0.25, 0.3) is 0 Å². The van der Waals surface area contributed by atoms with Crippen LogP contribution in [0, 0.1) is 5.92 Å². The van der Waals surface area contributed by atoms with E-state index in [0.29, 0.717) is 25.9 Å². The van der Waals surface area contributed by atoms with Crippen LogP contribution in [0.1, 0.15) is 52.0 Å². The van der Waals surface area contributed by atoms with E-state index < -0.39 is 18.1 Å². The van der Waals surface area contributed by atoms with Crippen molar-refractivity contribution in [2.24, 2.45) is 11.7 Å². The maximum Gasteiger partial charge on any atom is 0.246 e. The van der Waals surface area contributed by atoms with E-state index in [1.165, 1.54) is 0 Å². The zero-order valence-electron chi connectivity index (χ0n) is 17.7. The molecule has 1 saturated heterocycles. The van der Waals surface area contributed by atoms with Crippen molar-refractivity contribution in [2.45, 2.75) is 71.1 Å². The molecule has 0 bridgehead atoms. The lowest BCUT2D eigenvalue weighted by Gasteiger charge is -2.31. The van der Waals surface area contributed by atoms with Crippen molar-refractivity contribution in [2.75, 3.05) is 6.54 Å². The number of amides is 3. The number of hydrogen-bond acceptors (Lipinski definition) is 4. The SMILES string of the molecule is CCC[C@H](N)C(=O)N[C@H](C(=O)N1CCC[C@H]1C(=O)NCc1ccccc1)C(C)C. The summed E-state index contributed by atoms with van der Waals surface area (Å²) in [5.74, 6) is -0.789. The second kappa shape index (κ2) is 11.0. The monoisotopic (exact) mass is 402 g/mol. The summed E-state index contributed by atoms with van der Waals surface area (Å²) in [4.78, 5) is 39.9. The molecule has 1 fully saturated rings. The van der Waals surface area contributed by atoms with E-state index >= 15 is 0 Å². The second-order valence-corrected chi connectivity index (χ2v) is 8.02. The molecule has 4 N–H and O–H groups in total. The molecular formula is C22H34N4O3. The third-order valence-corrected chi connectivity index (χ3v) is 5.32. The van der Waals surface area contributed by atoms with Gasteiger partial charge in [0, 0.05) is 13.1 Å². The number of benzene rings is 1. The molecule has 0 aliphatic carbocycles. The summed E-state index contributed by atoms with van der Waals surface area (Å²) in [6.45, 7) is 6.67. The van der Waals surface area contributed by atoms with Crippen molar-refractivity contribution in [3.63, 3.8) is 0 Å². The van der Waals surface area contributed by atoms with Crippen LogP contribution in [0.4, 0.5) is 0 Å². The third kappa shape index (κ3) is 6.29. The predicted octanol–water partition coefficient (Wildman–Crippen LogP) is 1.56. The molecular weight excluding hydrogens is 368 g/mol. The summed E-state index contributed by atoms with van der Waals surface area (Å²) < 4.78 is 0. The molecule has 3 amide bonds. The fourth-order valence-electron chi connectivity index (χ4n) is 3.60. The van der Waals surface area contributed by atoms with Crippen LogP contribution in [0.15, 0.2) is 30.3 Å². The van der Waals surface area contributed by atoms with Crippen LogP contribution in [0.3, 0.4) is 0 Å².